The molecule has 1 nitrogen and oxygen atoms in total. The highest BCUT2D eigenvalue weighted by atomic mass is 19.3. The Bertz CT molecular complexity index is 375. The molecule has 3 heteroatoms. The van der Waals surface area contributed by atoms with Crippen LogP contribution in [0.3, 0.4) is 0 Å². The van der Waals surface area contributed by atoms with Crippen molar-refractivity contribution in [3.63, 3.8) is 0 Å². The summed E-state index contributed by atoms with van der Waals surface area (Å²) in [5, 5.41) is 3.45. The summed E-state index contributed by atoms with van der Waals surface area (Å²) in [7, 11) is 0. The summed E-state index contributed by atoms with van der Waals surface area (Å²) in [5.41, 5.74) is 1.18. The van der Waals surface area contributed by atoms with E-state index in [0.29, 0.717) is 0 Å². The molecule has 1 aliphatic rings. The van der Waals surface area contributed by atoms with Gasteiger partial charge >= 0.3 is 0 Å². The molecule has 106 valence electrons. The summed E-state index contributed by atoms with van der Waals surface area (Å²) in [6, 6.07) is 6.62. The van der Waals surface area contributed by atoms with Crippen LogP contribution in [-0.4, -0.2) is 6.54 Å². The second-order valence-electron chi connectivity index (χ2n) is 5.81. The number of hydrogen-bond donors (Lipinski definition) is 1. The van der Waals surface area contributed by atoms with Crippen molar-refractivity contribution in [3.05, 3.63) is 35.4 Å². The van der Waals surface area contributed by atoms with Crippen molar-refractivity contribution in [2.45, 2.75) is 45.6 Å². The SMILES string of the molecule is CC1CCCC(CNCc2ccc(C(F)F)cc2)C1. The predicted molar refractivity (Wildman–Crippen MR) is 74.2 cm³/mol. The van der Waals surface area contributed by atoms with Crippen molar-refractivity contribution >= 4 is 0 Å². The topological polar surface area (TPSA) is 12.0 Å². The van der Waals surface area contributed by atoms with Crippen LogP contribution in [0.4, 0.5) is 8.78 Å². The third-order valence-electron chi connectivity index (χ3n) is 4.04. The van der Waals surface area contributed by atoms with Crippen molar-refractivity contribution in [2.24, 2.45) is 11.8 Å². The average molecular weight is 267 g/mol. The molecule has 1 aromatic carbocycles. The van der Waals surface area contributed by atoms with Crippen molar-refractivity contribution in [1.29, 1.82) is 0 Å². The van der Waals surface area contributed by atoms with E-state index < -0.39 is 6.43 Å². The van der Waals surface area contributed by atoms with Gasteiger partial charge < -0.3 is 5.32 Å². The van der Waals surface area contributed by atoms with E-state index in [1.165, 1.54) is 37.8 Å². The Hall–Kier alpha value is -0.960. The Morgan fingerprint density at radius 2 is 1.95 bits per heavy atom. The van der Waals surface area contributed by atoms with Crippen LogP contribution in [0.2, 0.25) is 0 Å². The van der Waals surface area contributed by atoms with E-state index in [0.717, 1.165) is 30.5 Å². The van der Waals surface area contributed by atoms with Crippen LogP contribution < -0.4 is 5.32 Å². The van der Waals surface area contributed by atoms with Gasteiger partial charge in [0.2, 0.25) is 0 Å². The van der Waals surface area contributed by atoms with Gasteiger partial charge in [-0.25, -0.2) is 8.78 Å². The molecule has 19 heavy (non-hydrogen) atoms. The first-order valence-electron chi connectivity index (χ1n) is 7.23. The number of benzene rings is 1. The molecule has 1 aliphatic carbocycles. The molecule has 2 atom stereocenters. The van der Waals surface area contributed by atoms with E-state index in [1.807, 2.05) is 0 Å². The molecule has 0 heterocycles. The highest BCUT2D eigenvalue weighted by molar-refractivity contribution is 5.23. The lowest BCUT2D eigenvalue weighted by molar-refractivity contribution is 0.151. The minimum absolute atomic E-state index is 0.102. The second-order valence-corrected chi connectivity index (χ2v) is 5.81. The fourth-order valence-electron chi connectivity index (χ4n) is 2.95. The second kappa shape index (κ2) is 6.99. The fraction of sp³-hybridized carbons (Fsp3) is 0.625. The summed E-state index contributed by atoms with van der Waals surface area (Å²) in [6.07, 6.45) is 2.98. The molecule has 1 fully saturated rings. The molecule has 2 unspecified atom stereocenters. The van der Waals surface area contributed by atoms with E-state index in [9.17, 15) is 8.78 Å². The first-order chi connectivity index (χ1) is 9.15. The minimum Gasteiger partial charge on any atom is -0.312 e. The van der Waals surface area contributed by atoms with E-state index in [1.54, 1.807) is 12.1 Å². The standard InChI is InChI=1S/C16H23F2N/c1-12-3-2-4-14(9-12)11-19-10-13-5-7-15(8-6-13)16(17)18/h5-8,12,14,16,19H,2-4,9-11H2,1H3. The van der Waals surface area contributed by atoms with Crippen LogP contribution in [0.15, 0.2) is 24.3 Å². The molecular formula is C16H23F2N. The van der Waals surface area contributed by atoms with Gasteiger partial charge in [-0.1, -0.05) is 44.0 Å². The van der Waals surface area contributed by atoms with Gasteiger partial charge in [0.1, 0.15) is 0 Å². The summed E-state index contributed by atoms with van der Waals surface area (Å²) >= 11 is 0. The van der Waals surface area contributed by atoms with Crippen LogP contribution in [0.1, 0.15) is 50.2 Å². The third kappa shape index (κ3) is 4.57. The van der Waals surface area contributed by atoms with Gasteiger partial charge in [-0.2, -0.15) is 0 Å². The van der Waals surface area contributed by atoms with Crippen molar-refractivity contribution in [3.8, 4) is 0 Å². The summed E-state index contributed by atoms with van der Waals surface area (Å²) < 4.78 is 24.8. The number of hydrogen-bond acceptors (Lipinski definition) is 1. The zero-order valence-electron chi connectivity index (χ0n) is 11.5. The van der Waals surface area contributed by atoms with Gasteiger partial charge in [-0.15, -0.1) is 0 Å². The number of rotatable bonds is 5. The molecule has 0 bridgehead atoms. The van der Waals surface area contributed by atoms with Gasteiger partial charge in [0.05, 0.1) is 0 Å². The maximum Gasteiger partial charge on any atom is 0.263 e. The van der Waals surface area contributed by atoms with Crippen molar-refractivity contribution < 1.29 is 8.78 Å². The Balaban J connectivity index is 1.73. The maximum absolute atomic E-state index is 12.4. The monoisotopic (exact) mass is 267 g/mol. The lowest BCUT2D eigenvalue weighted by Gasteiger charge is -2.26. The van der Waals surface area contributed by atoms with Crippen LogP contribution in [0.5, 0.6) is 0 Å². The molecule has 0 aromatic heterocycles. The van der Waals surface area contributed by atoms with Crippen LogP contribution in [0.25, 0.3) is 0 Å². The lowest BCUT2D eigenvalue weighted by atomic mass is 9.82. The van der Waals surface area contributed by atoms with E-state index in [-0.39, 0.29) is 5.56 Å². The van der Waals surface area contributed by atoms with Gasteiger partial charge in [0, 0.05) is 12.1 Å². The summed E-state index contributed by atoms with van der Waals surface area (Å²) in [5.74, 6) is 1.63. The molecule has 0 radical (unpaired) electrons. The zero-order valence-corrected chi connectivity index (χ0v) is 11.5. The van der Waals surface area contributed by atoms with Gasteiger partial charge in [0.25, 0.3) is 6.43 Å². The number of halogens is 2. The Labute approximate surface area is 114 Å². The Kier molecular flexibility index (Phi) is 5.32. The highest BCUT2D eigenvalue weighted by Gasteiger charge is 2.18. The first-order valence-corrected chi connectivity index (χ1v) is 7.23. The molecule has 0 amide bonds. The quantitative estimate of drug-likeness (QED) is 0.826. The molecule has 1 aromatic rings. The molecule has 1 N–H and O–H groups in total. The van der Waals surface area contributed by atoms with Gasteiger partial charge in [-0.05, 0) is 36.8 Å². The minimum atomic E-state index is -2.37. The van der Waals surface area contributed by atoms with E-state index >= 15 is 0 Å². The highest BCUT2D eigenvalue weighted by Crippen LogP contribution is 2.28. The molecular weight excluding hydrogens is 244 g/mol. The Morgan fingerprint density at radius 3 is 2.58 bits per heavy atom. The van der Waals surface area contributed by atoms with Crippen LogP contribution in [0, 0.1) is 11.8 Å². The number of alkyl halides is 2. The normalized spacial score (nSPS) is 23.8. The Morgan fingerprint density at radius 1 is 1.21 bits per heavy atom. The third-order valence-corrected chi connectivity index (χ3v) is 4.04. The van der Waals surface area contributed by atoms with Gasteiger partial charge in [0.15, 0.2) is 0 Å². The van der Waals surface area contributed by atoms with Crippen LogP contribution >= 0.6 is 0 Å². The molecule has 0 saturated heterocycles. The molecule has 2 rings (SSSR count). The molecule has 0 aliphatic heterocycles. The molecule has 1 saturated carbocycles. The zero-order chi connectivity index (χ0) is 13.7. The number of nitrogens with one attached hydrogen (secondary N) is 1. The average Bonchev–Trinajstić information content (AvgIpc) is 2.39. The lowest BCUT2D eigenvalue weighted by Crippen LogP contribution is -2.26. The summed E-state index contributed by atoms with van der Waals surface area (Å²) in [6.45, 7) is 4.14. The van der Waals surface area contributed by atoms with Crippen LogP contribution in [-0.2, 0) is 6.54 Å². The van der Waals surface area contributed by atoms with Gasteiger partial charge in [-0.3, -0.25) is 0 Å². The first kappa shape index (κ1) is 14.4. The largest absolute Gasteiger partial charge is 0.312 e. The van der Waals surface area contributed by atoms with E-state index in [2.05, 4.69) is 12.2 Å². The van der Waals surface area contributed by atoms with E-state index in [4.69, 9.17) is 0 Å². The molecule has 0 spiro atoms. The maximum atomic E-state index is 12.4. The smallest absolute Gasteiger partial charge is 0.263 e. The predicted octanol–water partition coefficient (Wildman–Crippen LogP) is 4.54. The summed E-state index contributed by atoms with van der Waals surface area (Å²) in [4.78, 5) is 0. The van der Waals surface area contributed by atoms with Crippen molar-refractivity contribution in [1.82, 2.24) is 5.32 Å². The fourth-order valence-corrected chi connectivity index (χ4v) is 2.95. The van der Waals surface area contributed by atoms with Crippen molar-refractivity contribution in [2.75, 3.05) is 6.54 Å².